The molecule has 1 aliphatic heterocycles. The van der Waals surface area contributed by atoms with Crippen molar-refractivity contribution in [3.63, 3.8) is 0 Å². The lowest BCUT2D eigenvalue weighted by Crippen LogP contribution is -2.20. The van der Waals surface area contributed by atoms with Crippen molar-refractivity contribution in [1.82, 2.24) is 0 Å². The van der Waals surface area contributed by atoms with Gasteiger partial charge in [-0.2, -0.15) is 0 Å². The number of ether oxygens (including phenoxy) is 3. The van der Waals surface area contributed by atoms with E-state index in [1.165, 1.54) is 4.90 Å². The highest BCUT2D eigenvalue weighted by atomic mass is 35.5. The molecule has 0 aliphatic carbocycles. The minimum Gasteiger partial charge on any atom is -0.494 e. The fourth-order valence-electron chi connectivity index (χ4n) is 1.96. The van der Waals surface area contributed by atoms with E-state index in [1.807, 2.05) is 12.1 Å². The van der Waals surface area contributed by atoms with Crippen LogP contribution in [0.25, 0.3) is 0 Å². The Morgan fingerprint density at radius 2 is 2.00 bits per heavy atom. The Balaban J connectivity index is 1.52. The van der Waals surface area contributed by atoms with Crippen LogP contribution in [0, 0.1) is 0 Å². The third kappa shape index (κ3) is 5.17. The van der Waals surface area contributed by atoms with Crippen LogP contribution in [0.3, 0.4) is 0 Å². The first kappa shape index (κ1) is 16.0. The van der Waals surface area contributed by atoms with Crippen molar-refractivity contribution in [1.29, 1.82) is 0 Å². The van der Waals surface area contributed by atoms with Gasteiger partial charge in [-0.05, 0) is 49.8 Å². The second-order valence-corrected chi connectivity index (χ2v) is 6.09. The van der Waals surface area contributed by atoms with Crippen molar-refractivity contribution in [2.24, 2.45) is 0 Å². The van der Waals surface area contributed by atoms with Gasteiger partial charge in [0.15, 0.2) is 6.29 Å². The summed E-state index contributed by atoms with van der Waals surface area (Å²) in [6.07, 6.45) is 4.63. The molecule has 0 spiro atoms. The van der Waals surface area contributed by atoms with Gasteiger partial charge in [-0.15, -0.1) is 23.4 Å². The van der Waals surface area contributed by atoms with E-state index in [1.54, 1.807) is 11.8 Å². The molecule has 112 valence electrons. The van der Waals surface area contributed by atoms with Gasteiger partial charge in [0.05, 0.1) is 18.6 Å². The number of unbranched alkanes of at least 4 members (excludes halogenated alkanes) is 1. The smallest absolute Gasteiger partial charge is 0.173 e. The molecular weight excluding hydrogens is 296 g/mol. The van der Waals surface area contributed by atoms with Crippen LogP contribution in [0.4, 0.5) is 0 Å². The number of alkyl halides is 1. The molecule has 1 saturated heterocycles. The Bertz CT molecular complexity index is 385. The summed E-state index contributed by atoms with van der Waals surface area (Å²) in [4.78, 5) is 1.25. The molecule has 0 aromatic heterocycles. The maximum atomic E-state index is 6.05. The predicted molar refractivity (Wildman–Crippen MR) is 82.9 cm³/mol. The van der Waals surface area contributed by atoms with Gasteiger partial charge in [0.1, 0.15) is 5.75 Å². The lowest BCUT2D eigenvalue weighted by molar-refractivity contribution is -0.110. The van der Waals surface area contributed by atoms with Crippen LogP contribution in [-0.2, 0) is 9.47 Å². The zero-order chi connectivity index (χ0) is 14.2. The minimum atomic E-state index is -0.225. The number of rotatable bonds is 8. The van der Waals surface area contributed by atoms with Gasteiger partial charge in [0.25, 0.3) is 0 Å². The summed E-state index contributed by atoms with van der Waals surface area (Å²) >= 11 is 7.78. The normalized spacial score (nSPS) is 22.1. The summed E-state index contributed by atoms with van der Waals surface area (Å²) in [6, 6.07) is 8.15. The fraction of sp³-hybridized carbons (Fsp3) is 0.600. The highest BCUT2D eigenvalue weighted by Gasteiger charge is 2.26. The molecule has 2 rings (SSSR count). The number of hydrogen-bond donors (Lipinski definition) is 0. The van der Waals surface area contributed by atoms with Gasteiger partial charge < -0.3 is 14.2 Å². The monoisotopic (exact) mass is 316 g/mol. The fourth-order valence-corrected chi connectivity index (χ4v) is 2.60. The van der Waals surface area contributed by atoms with Crippen molar-refractivity contribution in [2.45, 2.75) is 35.8 Å². The molecule has 1 aromatic carbocycles. The van der Waals surface area contributed by atoms with E-state index in [0.717, 1.165) is 25.0 Å². The molecule has 1 aromatic rings. The predicted octanol–water partition coefficient (Wildman–Crippen LogP) is 3.94. The van der Waals surface area contributed by atoms with Crippen LogP contribution in [-0.4, -0.2) is 37.7 Å². The van der Waals surface area contributed by atoms with Gasteiger partial charge in [0, 0.05) is 11.5 Å². The van der Waals surface area contributed by atoms with Crippen molar-refractivity contribution in [3.05, 3.63) is 24.3 Å². The van der Waals surface area contributed by atoms with Crippen LogP contribution >= 0.6 is 23.4 Å². The summed E-state index contributed by atoms with van der Waals surface area (Å²) in [5, 5.41) is 0.00111. The first-order chi connectivity index (χ1) is 9.79. The van der Waals surface area contributed by atoms with E-state index in [-0.39, 0.29) is 11.7 Å². The molecular formula is C15H21ClO3S. The Labute approximate surface area is 129 Å². The molecule has 20 heavy (non-hydrogen) atoms. The van der Waals surface area contributed by atoms with Crippen LogP contribution in [0.15, 0.2) is 29.2 Å². The Morgan fingerprint density at radius 3 is 2.65 bits per heavy atom. The summed E-state index contributed by atoms with van der Waals surface area (Å²) < 4.78 is 16.6. The van der Waals surface area contributed by atoms with Crippen LogP contribution in [0.1, 0.15) is 19.3 Å². The maximum Gasteiger partial charge on any atom is 0.173 e. The quantitative estimate of drug-likeness (QED) is 0.412. The highest BCUT2D eigenvalue weighted by molar-refractivity contribution is 7.98. The molecule has 0 amide bonds. The molecule has 0 N–H and O–H groups in total. The number of thioether (sulfide) groups is 1. The Morgan fingerprint density at radius 1 is 1.25 bits per heavy atom. The third-order valence-electron chi connectivity index (χ3n) is 3.12. The molecule has 1 aliphatic rings. The minimum absolute atomic E-state index is 0.00111. The van der Waals surface area contributed by atoms with Crippen molar-refractivity contribution in [3.8, 4) is 5.75 Å². The second kappa shape index (κ2) is 8.78. The topological polar surface area (TPSA) is 27.7 Å². The lowest BCUT2D eigenvalue weighted by atomic mass is 10.3. The van der Waals surface area contributed by atoms with Gasteiger partial charge in [0.2, 0.25) is 0 Å². The molecule has 2 atom stereocenters. The number of halogens is 1. The SMILES string of the molecule is CSc1ccc(OCCCCOC2OCCC2Cl)cc1. The zero-order valence-corrected chi connectivity index (χ0v) is 13.3. The number of benzene rings is 1. The van der Waals surface area contributed by atoms with Gasteiger partial charge >= 0.3 is 0 Å². The first-order valence-corrected chi connectivity index (χ1v) is 8.60. The van der Waals surface area contributed by atoms with Crippen molar-refractivity contribution >= 4 is 23.4 Å². The zero-order valence-electron chi connectivity index (χ0n) is 11.7. The average Bonchev–Trinajstić information content (AvgIpc) is 2.89. The van der Waals surface area contributed by atoms with Crippen molar-refractivity contribution in [2.75, 3.05) is 26.1 Å². The summed E-state index contributed by atoms with van der Waals surface area (Å²) in [5.74, 6) is 0.920. The molecule has 5 heteroatoms. The lowest BCUT2D eigenvalue weighted by Gasteiger charge is -2.14. The van der Waals surface area contributed by atoms with E-state index in [9.17, 15) is 0 Å². The van der Waals surface area contributed by atoms with Gasteiger partial charge in [-0.25, -0.2) is 0 Å². The standard InChI is InChI=1S/C15H21ClO3S/c1-20-13-6-4-12(5-7-13)17-9-2-3-10-18-15-14(16)8-11-19-15/h4-7,14-15H,2-3,8-11H2,1H3. The molecule has 1 heterocycles. The Kier molecular flexibility index (Phi) is 7.00. The van der Waals surface area contributed by atoms with Crippen LogP contribution in [0.2, 0.25) is 0 Å². The molecule has 3 nitrogen and oxygen atoms in total. The maximum absolute atomic E-state index is 6.05. The molecule has 0 radical (unpaired) electrons. The van der Waals surface area contributed by atoms with E-state index in [0.29, 0.717) is 19.8 Å². The highest BCUT2D eigenvalue weighted by Crippen LogP contribution is 2.21. The molecule has 1 fully saturated rings. The van der Waals surface area contributed by atoms with Gasteiger partial charge in [-0.3, -0.25) is 0 Å². The first-order valence-electron chi connectivity index (χ1n) is 6.94. The molecule has 2 unspecified atom stereocenters. The summed E-state index contributed by atoms with van der Waals surface area (Å²) in [5.41, 5.74) is 0. The largest absolute Gasteiger partial charge is 0.494 e. The summed E-state index contributed by atoms with van der Waals surface area (Å²) in [6.45, 7) is 2.08. The van der Waals surface area contributed by atoms with Crippen molar-refractivity contribution < 1.29 is 14.2 Å². The summed E-state index contributed by atoms with van der Waals surface area (Å²) in [7, 11) is 0. The second-order valence-electron chi connectivity index (χ2n) is 4.65. The van der Waals surface area contributed by atoms with E-state index in [4.69, 9.17) is 25.8 Å². The van der Waals surface area contributed by atoms with Crippen LogP contribution < -0.4 is 4.74 Å². The Hall–Kier alpha value is -0.420. The molecule has 0 saturated carbocycles. The van der Waals surface area contributed by atoms with E-state index >= 15 is 0 Å². The average molecular weight is 317 g/mol. The van der Waals surface area contributed by atoms with Crippen LogP contribution in [0.5, 0.6) is 5.75 Å². The molecule has 0 bridgehead atoms. The van der Waals surface area contributed by atoms with E-state index < -0.39 is 0 Å². The third-order valence-corrected chi connectivity index (χ3v) is 4.29. The van der Waals surface area contributed by atoms with E-state index in [2.05, 4.69) is 18.4 Å². The number of hydrogen-bond acceptors (Lipinski definition) is 4. The van der Waals surface area contributed by atoms with Gasteiger partial charge in [-0.1, -0.05) is 0 Å².